The van der Waals surface area contributed by atoms with Crippen molar-refractivity contribution in [3.8, 4) is 0 Å². The molecule has 1 heterocycles. The van der Waals surface area contributed by atoms with Crippen LogP contribution >= 0.6 is 0 Å². The Morgan fingerprint density at radius 2 is 1.49 bits per heavy atom. The van der Waals surface area contributed by atoms with Crippen molar-refractivity contribution in [3.63, 3.8) is 0 Å². The molecule has 1 fully saturated rings. The van der Waals surface area contributed by atoms with Crippen molar-refractivity contribution >= 4 is 41.1 Å². The number of likely N-dealkylation sites (tertiary alicyclic amines) is 1. The van der Waals surface area contributed by atoms with Crippen LogP contribution in [-0.4, -0.2) is 146 Å². The highest BCUT2D eigenvalue weighted by molar-refractivity contribution is 6.38. The molecule has 0 spiro atoms. The molecule has 2 rings (SSSR count). The zero-order valence-corrected chi connectivity index (χ0v) is 36.4. The molecular weight excluding hydrogens is 730 g/mol. The summed E-state index contributed by atoms with van der Waals surface area (Å²) in [5.74, 6) is -3.95. The fraction of sp³-hybridized carbons (Fsp3) is 0.698. The van der Waals surface area contributed by atoms with Gasteiger partial charge in [0, 0.05) is 61.8 Å². The first-order valence-electron chi connectivity index (χ1n) is 20.3. The topological polar surface area (TPSA) is 163 Å². The van der Waals surface area contributed by atoms with E-state index in [-0.39, 0.29) is 60.5 Å². The van der Waals surface area contributed by atoms with Gasteiger partial charge in [0.2, 0.25) is 29.4 Å². The summed E-state index contributed by atoms with van der Waals surface area (Å²) in [7, 11) is 9.32. The fourth-order valence-corrected chi connectivity index (χ4v) is 7.92. The van der Waals surface area contributed by atoms with Crippen LogP contribution in [0.5, 0.6) is 0 Å². The van der Waals surface area contributed by atoms with Gasteiger partial charge in [-0.25, -0.2) is 0 Å². The van der Waals surface area contributed by atoms with Crippen LogP contribution in [0.2, 0.25) is 0 Å². The van der Waals surface area contributed by atoms with Crippen LogP contribution in [0.3, 0.4) is 0 Å². The lowest BCUT2D eigenvalue weighted by Gasteiger charge is -2.40. The zero-order valence-electron chi connectivity index (χ0n) is 36.4. The average Bonchev–Trinajstić information content (AvgIpc) is 3.66. The van der Waals surface area contributed by atoms with Gasteiger partial charge in [-0.2, -0.15) is 0 Å². The summed E-state index contributed by atoms with van der Waals surface area (Å²) in [6, 6.07) is 6.63. The van der Waals surface area contributed by atoms with Crippen LogP contribution in [0, 0.1) is 17.8 Å². The Kier molecular flexibility index (Phi) is 20.0. The molecule has 14 heteroatoms. The van der Waals surface area contributed by atoms with E-state index in [0.717, 1.165) is 5.56 Å². The number of rotatable bonds is 23. The Labute approximate surface area is 340 Å². The number of carbonyl (C=O) groups is 7. The molecule has 0 aliphatic carbocycles. The second-order valence-corrected chi connectivity index (χ2v) is 16.1. The van der Waals surface area contributed by atoms with E-state index < -0.39 is 54.0 Å². The maximum absolute atomic E-state index is 14.2. The molecule has 5 amide bonds. The Bertz CT molecular complexity index is 1520. The largest absolute Gasteiger partial charge is 0.379 e. The van der Waals surface area contributed by atoms with E-state index in [1.54, 1.807) is 39.8 Å². The molecule has 57 heavy (non-hydrogen) atoms. The molecule has 0 saturated carbocycles. The number of benzene rings is 1. The molecule has 1 saturated heterocycles. The highest BCUT2D eigenvalue weighted by Gasteiger charge is 2.44. The number of nitrogens with one attached hydrogen (secondary N) is 1. The van der Waals surface area contributed by atoms with Crippen LogP contribution < -0.4 is 5.32 Å². The summed E-state index contributed by atoms with van der Waals surface area (Å²) in [5.41, 5.74) is 0.921. The summed E-state index contributed by atoms with van der Waals surface area (Å²) in [6.07, 6.45) is 1.31. The normalized spacial score (nSPS) is 17.8. The average molecular weight is 800 g/mol. The van der Waals surface area contributed by atoms with Gasteiger partial charge >= 0.3 is 0 Å². The SMILES string of the molecule is CC[C@H](C)[C@@H]([C@@H](CC(=O)N1CCCC1[C@H](OC)[C@@H](C)C(=O)N[C@H](Cc1ccccc1)C(C)=O)OC)N(C)C(=O)C(=O)[C@H](C(C)C)N(C)C(=O)CCCC(=O)N(C)C. The van der Waals surface area contributed by atoms with Gasteiger partial charge in [-0.3, -0.25) is 33.6 Å². The lowest BCUT2D eigenvalue weighted by Crippen LogP contribution is -2.57. The maximum Gasteiger partial charge on any atom is 0.292 e. The van der Waals surface area contributed by atoms with Crippen molar-refractivity contribution in [1.29, 1.82) is 0 Å². The predicted molar refractivity (Wildman–Crippen MR) is 218 cm³/mol. The fourth-order valence-electron chi connectivity index (χ4n) is 7.92. The van der Waals surface area contributed by atoms with Crippen molar-refractivity contribution in [2.75, 3.05) is 49.0 Å². The Morgan fingerprint density at radius 3 is 2.02 bits per heavy atom. The number of hydrogen-bond acceptors (Lipinski definition) is 9. The number of Topliss-reactive ketones (excluding diaryl/α,β-unsaturated/α-hetero) is 2. The van der Waals surface area contributed by atoms with Crippen LogP contribution in [0.25, 0.3) is 0 Å². The lowest BCUT2D eigenvalue weighted by molar-refractivity contribution is -0.154. The van der Waals surface area contributed by atoms with Gasteiger partial charge in [0.25, 0.3) is 5.91 Å². The third kappa shape index (κ3) is 13.4. The molecule has 1 aliphatic heterocycles. The molecule has 1 aromatic carbocycles. The number of methoxy groups -OCH3 is 2. The molecule has 320 valence electrons. The van der Waals surface area contributed by atoms with Crippen molar-refractivity contribution in [3.05, 3.63) is 35.9 Å². The quantitative estimate of drug-likeness (QED) is 0.163. The monoisotopic (exact) mass is 800 g/mol. The smallest absolute Gasteiger partial charge is 0.292 e. The van der Waals surface area contributed by atoms with E-state index >= 15 is 0 Å². The molecular formula is C43H69N5O9. The summed E-state index contributed by atoms with van der Waals surface area (Å²) in [6.45, 7) is 11.1. The molecule has 1 unspecified atom stereocenters. The van der Waals surface area contributed by atoms with E-state index in [2.05, 4.69) is 5.32 Å². The number of carbonyl (C=O) groups excluding carboxylic acids is 7. The number of ketones is 2. The molecule has 0 aromatic heterocycles. The summed E-state index contributed by atoms with van der Waals surface area (Å²) in [4.78, 5) is 99.3. The summed E-state index contributed by atoms with van der Waals surface area (Å²) >= 11 is 0. The minimum Gasteiger partial charge on any atom is -0.379 e. The summed E-state index contributed by atoms with van der Waals surface area (Å²) < 4.78 is 11.8. The van der Waals surface area contributed by atoms with E-state index in [0.29, 0.717) is 38.6 Å². The first-order valence-corrected chi connectivity index (χ1v) is 20.3. The van der Waals surface area contributed by atoms with Gasteiger partial charge in [0.15, 0.2) is 5.78 Å². The number of nitrogens with zero attached hydrogens (tertiary/aromatic N) is 4. The van der Waals surface area contributed by atoms with Gasteiger partial charge in [-0.15, -0.1) is 0 Å². The third-order valence-electron chi connectivity index (χ3n) is 11.5. The maximum atomic E-state index is 14.2. The number of amides is 5. The first-order chi connectivity index (χ1) is 26.8. The number of hydrogen-bond donors (Lipinski definition) is 1. The molecule has 1 N–H and O–H groups in total. The Morgan fingerprint density at radius 1 is 0.877 bits per heavy atom. The second-order valence-electron chi connectivity index (χ2n) is 16.1. The minimum absolute atomic E-state index is 0.0536. The van der Waals surface area contributed by atoms with E-state index in [1.165, 1.54) is 49.9 Å². The molecule has 1 aliphatic rings. The highest BCUT2D eigenvalue weighted by Crippen LogP contribution is 2.30. The zero-order chi connectivity index (χ0) is 43.1. The molecule has 8 atom stereocenters. The van der Waals surface area contributed by atoms with Gasteiger partial charge in [0.1, 0.15) is 6.04 Å². The summed E-state index contributed by atoms with van der Waals surface area (Å²) in [5, 5.41) is 2.91. The van der Waals surface area contributed by atoms with E-state index in [4.69, 9.17) is 9.47 Å². The van der Waals surface area contributed by atoms with Crippen LogP contribution in [0.1, 0.15) is 92.1 Å². The van der Waals surface area contributed by atoms with Crippen molar-refractivity contribution in [1.82, 2.24) is 24.9 Å². The van der Waals surface area contributed by atoms with E-state index in [9.17, 15) is 33.6 Å². The van der Waals surface area contributed by atoms with Crippen molar-refractivity contribution in [2.24, 2.45) is 17.8 Å². The standard InChI is InChI=1S/C43H69N5O9/c1-13-28(4)39(47(10)43(55)40(53)38(27(2)3)46(9)36(51)23-17-22-35(50)45(7)8)34(56-11)26-37(52)48-24-18-21-33(48)41(57-12)29(5)42(54)44-32(30(6)49)25-31-19-15-14-16-20-31/h14-16,19-20,27-29,32-34,38-39,41H,13,17-18,21-26H2,1-12H3,(H,44,54)/t28-,29+,32+,33?,34+,38-,39-,41+/m0/s1. The predicted octanol–water partition coefficient (Wildman–Crippen LogP) is 3.53. The molecule has 0 radical (unpaired) electrons. The van der Waals surface area contributed by atoms with E-state index in [1.807, 2.05) is 44.2 Å². The van der Waals surface area contributed by atoms with Crippen LogP contribution in [-0.2, 0) is 49.5 Å². The molecule has 0 bridgehead atoms. The third-order valence-corrected chi connectivity index (χ3v) is 11.5. The van der Waals surface area contributed by atoms with Gasteiger partial charge in [-0.05, 0) is 50.0 Å². The van der Waals surface area contributed by atoms with Crippen molar-refractivity contribution < 1.29 is 43.0 Å². The van der Waals surface area contributed by atoms with Gasteiger partial charge in [0.05, 0.1) is 42.7 Å². The minimum atomic E-state index is -1.03. The molecule has 14 nitrogen and oxygen atoms in total. The van der Waals surface area contributed by atoms with Gasteiger partial charge < -0.3 is 34.4 Å². The highest BCUT2D eigenvalue weighted by atomic mass is 16.5. The number of likely N-dealkylation sites (N-methyl/N-ethyl adjacent to an activating group) is 2. The Balaban J connectivity index is 2.24. The van der Waals surface area contributed by atoms with Crippen LogP contribution in [0.4, 0.5) is 0 Å². The first kappa shape index (κ1) is 49.0. The Hall–Kier alpha value is -4.17. The van der Waals surface area contributed by atoms with Crippen LogP contribution in [0.15, 0.2) is 30.3 Å². The lowest BCUT2D eigenvalue weighted by atomic mass is 9.89. The number of ether oxygens (including phenoxy) is 2. The molecule has 1 aromatic rings. The second kappa shape index (κ2) is 23.3. The van der Waals surface area contributed by atoms with Gasteiger partial charge in [-0.1, -0.05) is 71.4 Å². The van der Waals surface area contributed by atoms with Crippen molar-refractivity contribution in [2.45, 2.75) is 129 Å².